The third-order valence-electron chi connectivity index (χ3n) is 4.48. The second-order valence-corrected chi connectivity index (χ2v) is 8.19. The van der Waals surface area contributed by atoms with Crippen LogP contribution in [0.15, 0.2) is 29.2 Å². The maximum absolute atomic E-state index is 12.7. The third-order valence-corrected chi connectivity index (χ3v) is 6.36. The van der Waals surface area contributed by atoms with Crippen LogP contribution in [-0.2, 0) is 14.8 Å². The lowest BCUT2D eigenvalue weighted by molar-refractivity contribution is -0.117. The zero-order valence-electron chi connectivity index (χ0n) is 12.9. The molecule has 3 rings (SSSR count). The van der Waals surface area contributed by atoms with E-state index in [0.717, 1.165) is 24.9 Å². The summed E-state index contributed by atoms with van der Waals surface area (Å²) in [5, 5.41) is 0. The number of sulfonamides is 1. The quantitative estimate of drug-likeness (QED) is 0.857. The largest absolute Gasteiger partial charge is 0.312 e. The van der Waals surface area contributed by atoms with Crippen molar-refractivity contribution >= 4 is 21.6 Å². The molecule has 2 heterocycles. The van der Waals surface area contributed by atoms with Gasteiger partial charge < -0.3 is 4.90 Å². The number of hydrogen-bond donors (Lipinski definition) is 0. The van der Waals surface area contributed by atoms with Crippen molar-refractivity contribution in [1.29, 1.82) is 0 Å². The topological polar surface area (TPSA) is 57.7 Å². The van der Waals surface area contributed by atoms with Crippen LogP contribution in [0.2, 0.25) is 0 Å². The summed E-state index contributed by atoms with van der Waals surface area (Å²) in [6.45, 7) is 3.99. The molecule has 0 saturated carbocycles. The van der Waals surface area contributed by atoms with Crippen molar-refractivity contribution in [1.82, 2.24) is 4.31 Å². The summed E-state index contributed by atoms with van der Waals surface area (Å²) in [6, 6.07) is 6.72. The first-order valence-corrected chi connectivity index (χ1v) is 9.33. The van der Waals surface area contributed by atoms with Crippen LogP contribution in [0, 0.1) is 5.92 Å². The van der Waals surface area contributed by atoms with Gasteiger partial charge in [-0.2, -0.15) is 4.31 Å². The monoisotopic (exact) mass is 322 g/mol. The Hall–Kier alpha value is -1.40. The average Bonchev–Trinajstić information content (AvgIpc) is 2.93. The Bertz CT molecular complexity index is 654. The van der Waals surface area contributed by atoms with Crippen molar-refractivity contribution in [3.8, 4) is 0 Å². The van der Waals surface area contributed by atoms with Gasteiger partial charge in [-0.05, 0) is 49.4 Å². The van der Waals surface area contributed by atoms with Gasteiger partial charge in [0.25, 0.3) is 0 Å². The molecule has 0 N–H and O–H groups in total. The first kappa shape index (κ1) is 15.5. The van der Waals surface area contributed by atoms with E-state index in [2.05, 4.69) is 6.92 Å². The van der Waals surface area contributed by atoms with Gasteiger partial charge in [0.2, 0.25) is 15.9 Å². The Morgan fingerprint density at radius 2 is 1.82 bits per heavy atom. The molecule has 0 spiro atoms. The van der Waals surface area contributed by atoms with Crippen molar-refractivity contribution in [2.45, 2.75) is 37.5 Å². The SMILES string of the molecule is C[C@@H]1CCCN(S(=O)(=O)c2ccc(N3CCCC3=O)cc2)C1. The van der Waals surface area contributed by atoms with Crippen LogP contribution in [0.1, 0.15) is 32.6 Å². The Labute approximate surface area is 132 Å². The van der Waals surface area contributed by atoms with Crippen LogP contribution in [-0.4, -0.2) is 38.3 Å². The molecule has 0 aliphatic carbocycles. The van der Waals surface area contributed by atoms with Crippen LogP contribution < -0.4 is 4.90 Å². The van der Waals surface area contributed by atoms with E-state index < -0.39 is 10.0 Å². The van der Waals surface area contributed by atoms with Crippen LogP contribution in [0.4, 0.5) is 5.69 Å². The molecule has 2 fully saturated rings. The predicted molar refractivity (Wildman–Crippen MR) is 85.2 cm³/mol. The highest BCUT2D eigenvalue weighted by Gasteiger charge is 2.29. The Morgan fingerprint density at radius 1 is 1.09 bits per heavy atom. The number of hydrogen-bond acceptors (Lipinski definition) is 3. The number of amides is 1. The molecular formula is C16H22N2O3S. The minimum absolute atomic E-state index is 0.112. The normalized spacial score (nSPS) is 24.0. The van der Waals surface area contributed by atoms with Crippen LogP contribution in [0.25, 0.3) is 0 Å². The van der Waals surface area contributed by atoms with Crippen molar-refractivity contribution < 1.29 is 13.2 Å². The lowest BCUT2D eigenvalue weighted by Gasteiger charge is -2.30. The smallest absolute Gasteiger partial charge is 0.243 e. The Kier molecular flexibility index (Phi) is 4.23. The fraction of sp³-hybridized carbons (Fsp3) is 0.562. The molecule has 0 unspecified atom stereocenters. The summed E-state index contributed by atoms with van der Waals surface area (Å²) in [6.07, 6.45) is 3.44. The maximum atomic E-state index is 12.7. The Balaban J connectivity index is 1.81. The summed E-state index contributed by atoms with van der Waals surface area (Å²) in [5.74, 6) is 0.519. The molecular weight excluding hydrogens is 300 g/mol. The van der Waals surface area contributed by atoms with Gasteiger partial charge in [-0.3, -0.25) is 4.79 Å². The summed E-state index contributed by atoms with van der Waals surface area (Å²) in [4.78, 5) is 13.8. The Morgan fingerprint density at radius 3 is 2.41 bits per heavy atom. The second-order valence-electron chi connectivity index (χ2n) is 6.25. The van der Waals surface area contributed by atoms with Gasteiger partial charge in [-0.15, -0.1) is 0 Å². The molecule has 22 heavy (non-hydrogen) atoms. The molecule has 0 aromatic heterocycles. The third kappa shape index (κ3) is 2.90. The van der Waals surface area contributed by atoms with Crippen molar-refractivity contribution in [2.75, 3.05) is 24.5 Å². The number of carbonyl (C=O) groups excluding carboxylic acids is 1. The zero-order chi connectivity index (χ0) is 15.7. The first-order valence-electron chi connectivity index (χ1n) is 7.89. The summed E-state index contributed by atoms with van der Waals surface area (Å²) in [7, 11) is -3.42. The predicted octanol–water partition coefficient (Wildman–Crippen LogP) is 2.23. The van der Waals surface area contributed by atoms with Crippen molar-refractivity contribution in [3.63, 3.8) is 0 Å². The molecule has 1 aromatic carbocycles. The van der Waals surface area contributed by atoms with Gasteiger partial charge >= 0.3 is 0 Å². The van der Waals surface area contributed by atoms with E-state index in [0.29, 0.717) is 36.9 Å². The first-order chi connectivity index (χ1) is 10.5. The lowest BCUT2D eigenvalue weighted by Crippen LogP contribution is -2.39. The number of piperidine rings is 1. The summed E-state index contributed by atoms with van der Waals surface area (Å²) in [5.41, 5.74) is 0.786. The minimum Gasteiger partial charge on any atom is -0.312 e. The van der Waals surface area contributed by atoms with E-state index in [4.69, 9.17) is 0 Å². The van der Waals surface area contributed by atoms with Crippen LogP contribution in [0.3, 0.4) is 0 Å². The molecule has 1 amide bonds. The maximum Gasteiger partial charge on any atom is 0.243 e. The summed E-state index contributed by atoms with van der Waals surface area (Å²) >= 11 is 0. The van der Waals surface area contributed by atoms with Crippen LogP contribution >= 0.6 is 0 Å². The number of nitrogens with zero attached hydrogens (tertiary/aromatic N) is 2. The molecule has 120 valence electrons. The molecule has 6 heteroatoms. The molecule has 0 bridgehead atoms. The molecule has 5 nitrogen and oxygen atoms in total. The van der Waals surface area contributed by atoms with E-state index in [1.54, 1.807) is 33.5 Å². The highest BCUT2D eigenvalue weighted by Crippen LogP contribution is 2.26. The fourth-order valence-corrected chi connectivity index (χ4v) is 4.83. The molecule has 1 aromatic rings. The van der Waals surface area contributed by atoms with E-state index in [-0.39, 0.29) is 5.91 Å². The van der Waals surface area contributed by atoms with Gasteiger partial charge in [0.1, 0.15) is 0 Å². The van der Waals surface area contributed by atoms with Crippen molar-refractivity contribution in [2.24, 2.45) is 5.92 Å². The highest BCUT2D eigenvalue weighted by atomic mass is 32.2. The lowest BCUT2D eigenvalue weighted by atomic mass is 10.0. The van der Waals surface area contributed by atoms with Gasteiger partial charge in [0.05, 0.1) is 4.90 Å². The van der Waals surface area contributed by atoms with E-state index >= 15 is 0 Å². The van der Waals surface area contributed by atoms with Gasteiger partial charge in [-0.25, -0.2) is 8.42 Å². The van der Waals surface area contributed by atoms with E-state index in [9.17, 15) is 13.2 Å². The molecule has 2 aliphatic heterocycles. The van der Waals surface area contributed by atoms with Gasteiger partial charge in [-0.1, -0.05) is 6.92 Å². The molecule has 2 saturated heterocycles. The minimum atomic E-state index is -3.42. The zero-order valence-corrected chi connectivity index (χ0v) is 13.7. The van der Waals surface area contributed by atoms with Crippen LogP contribution in [0.5, 0.6) is 0 Å². The molecule has 2 aliphatic rings. The number of anilines is 1. The average molecular weight is 322 g/mol. The summed E-state index contributed by atoms with van der Waals surface area (Å²) < 4.78 is 26.9. The highest BCUT2D eigenvalue weighted by molar-refractivity contribution is 7.89. The molecule has 1 atom stereocenters. The molecule has 0 radical (unpaired) electrons. The van der Waals surface area contributed by atoms with Gasteiger partial charge in [0.15, 0.2) is 0 Å². The van der Waals surface area contributed by atoms with Gasteiger partial charge in [0, 0.05) is 31.7 Å². The standard InChI is InChI=1S/C16H22N2O3S/c1-13-4-2-10-17(12-13)22(20,21)15-8-6-14(7-9-15)18-11-3-5-16(18)19/h6-9,13H,2-5,10-12H2,1H3/t13-/m1/s1. The van der Waals surface area contributed by atoms with E-state index in [1.165, 1.54) is 0 Å². The van der Waals surface area contributed by atoms with E-state index in [1.807, 2.05) is 0 Å². The number of rotatable bonds is 3. The fourth-order valence-electron chi connectivity index (χ4n) is 3.23. The number of benzene rings is 1. The van der Waals surface area contributed by atoms with Crippen molar-refractivity contribution in [3.05, 3.63) is 24.3 Å². The number of carbonyl (C=O) groups is 1. The second kappa shape index (κ2) is 6.01.